The zero-order chi connectivity index (χ0) is 22.5. The molecule has 2 aromatic rings. The van der Waals surface area contributed by atoms with Gasteiger partial charge in [0.1, 0.15) is 12.4 Å². The van der Waals surface area contributed by atoms with E-state index < -0.39 is 0 Å². The van der Waals surface area contributed by atoms with Gasteiger partial charge in [0.05, 0.1) is 6.54 Å². The van der Waals surface area contributed by atoms with E-state index in [4.69, 9.17) is 16.3 Å². The predicted octanol–water partition coefficient (Wildman–Crippen LogP) is 4.07. The van der Waals surface area contributed by atoms with Gasteiger partial charge in [-0.05, 0) is 48.2 Å². The molecule has 2 aromatic carbocycles. The number of hydrogen-bond acceptors (Lipinski definition) is 4. The fraction of sp³-hybridized carbons (Fsp3) is 0.320. The highest BCUT2D eigenvalue weighted by Gasteiger charge is 2.31. The van der Waals surface area contributed by atoms with E-state index >= 15 is 0 Å². The van der Waals surface area contributed by atoms with E-state index in [0.717, 1.165) is 24.0 Å². The summed E-state index contributed by atoms with van der Waals surface area (Å²) < 4.78 is 5.68. The SMILES string of the molecule is O=C1CCC(=O)N1CCOc1ccc(CN(C(=O)/C=C/c2ccccc2Cl)C2CC2)cc1. The highest BCUT2D eigenvalue weighted by Crippen LogP contribution is 2.29. The van der Waals surface area contributed by atoms with Crippen LogP contribution in [-0.2, 0) is 20.9 Å². The summed E-state index contributed by atoms with van der Waals surface area (Å²) in [5.41, 5.74) is 1.82. The van der Waals surface area contributed by atoms with Gasteiger partial charge in [-0.1, -0.05) is 41.9 Å². The normalized spacial score (nSPS) is 16.1. The van der Waals surface area contributed by atoms with Gasteiger partial charge in [-0.15, -0.1) is 0 Å². The summed E-state index contributed by atoms with van der Waals surface area (Å²) in [5.74, 6) is 0.355. The van der Waals surface area contributed by atoms with Crippen molar-refractivity contribution in [2.75, 3.05) is 13.2 Å². The first-order valence-corrected chi connectivity index (χ1v) is 11.2. The molecule has 6 nitrogen and oxygen atoms in total. The molecule has 0 atom stereocenters. The summed E-state index contributed by atoms with van der Waals surface area (Å²) in [6.45, 7) is 1.05. The van der Waals surface area contributed by atoms with E-state index in [9.17, 15) is 14.4 Å². The van der Waals surface area contributed by atoms with Gasteiger partial charge in [0, 0.05) is 36.5 Å². The van der Waals surface area contributed by atoms with Crippen LogP contribution in [0.1, 0.15) is 36.8 Å². The first-order chi connectivity index (χ1) is 15.5. The highest BCUT2D eigenvalue weighted by atomic mass is 35.5. The lowest BCUT2D eigenvalue weighted by Crippen LogP contribution is -2.33. The van der Waals surface area contributed by atoms with Gasteiger partial charge in [0.2, 0.25) is 17.7 Å². The Morgan fingerprint density at radius 1 is 1.06 bits per heavy atom. The topological polar surface area (TPSA) is 66.9 Å². The van der Waals surface area contributed by atoms with Crippen LogP contribution in [0.4, 0.5) is 0 Å². The largest absolute Gasteiger partial charge is 0.492 e. The van der Waals surface area contributed by atoms with Crippen molar-refractivity contribution in [2.24, 2.45) is 0 Å². The molecule has 7 heteroatoms. The quantitative estimate of drug-likeness (QED) is 0.425. The molecule has 0 unspecified atom stereocenters. The first-order valence-electron chi connectivity index (χ1n) is 10.8. The molecule has 1 saturated carbocycles. The van der Waals surface area contributed by atoms with Crippen LogP contribution in [0.3, 0.4) is 0 Å². The molecule has 0 N–H and O–H groups in total. The van der Waals surface area contributed by atoms with Gasteiger partial charge in [-0.3, -0.25) is 19.3 Å². The van der Waals surface area contributed by atoms with E-state index in [1.807, 2.05) is 47.4 Å². The number of ether oxygens (including phenoxy) is 1. The van der Waals surface area contributed by atoms with Gasteiger partial charge in [0.25, 0.3) is 0 Å². The van der Waals surface area contributed by atoms with Crippen LogP contribution in [0, 0.1) is 0 Å². The number of benzene rings is 2. The van der Waals surface area contributed by atoms with Crippen molar-refractivity contribution in [2.45, 2.75) is 38.3 Å². The van der Waals surface area contributed by atoms with E-state index in [1.165, 1.54) is 4.90 Å². The number of likely N-dealkylation sites (tertiary alicyclic amines) is 1. The van der Waals surface area contributed by atoms with Gasteiger partial charge >= 0.3 is 0 Å². The summed E-state index contributed by atoms with van der Waals surface area (Å²) in [7, 11) is 0. The molecule has 1 aliphatic heterocycles. The van der Waals surface area contributed by atoms with E-state index in [0.29, 0.717) is 17.3 Å². The minimum Gasteiger partial charge on any atom is -0.492 e. The maximum atomic E-state index is 12.8. The molecule has 1 saturated heterocycles. The molecule has 1 heterocycles. The average Bonchev–Trinajstić information content (AvgIpc) is 3.59. The number of imide groups is 1. The van der Waals surface area contributed by atoms with Crippen molar-refractivity contribution in [3.05, 3.63) is 70.8 Å². The third-order valence-electron chi connectivity index (χ3n) is 5.60. The molecule has 1 aliphatic carbocycles. The minimum atomic E-state index is -0.137. The molecule has 0 radical (unpaired) electrons. The third kappa shape index (κ3) is 5.56. The fourth-order valence-electron chi connectivity index (χ4n) is 3.66. The Bertz CT molecular complexity index is 1010. The van der Waals surface area contributed by atoms with E-state index in [1.54, 1.807) is 18.2 Å². The first kappa shape index (κ1) is 22.1. The number of carbonyl (C=O) groups is 3. The molecule has 0 spiro atoms. The second kappa shape index (κ2) is 10.0. The standard InChI is InChI=1S/C25H25ClN2O4/c26-22-4-2-1-3-19(22)7-12-25(31)28(20-8-9-20)17-18-5-10-21(11-6-18)32-16-15-27-23(29)13-14-24(27)30/h1-7,10-12,20H,8-9,13-17H2/b12-7+. The van der Waals surface area contributed by atoms with Crippen molar-refractivity contribution >= 4 is 35.4 Å². The second-order valence-corrected chi connectivity index (χ2v) is 8.39. The molecule has 2 fully saturated rings. The van der Waals surface area contributed by atoms with Crippen molar-refractivity contribution in [3.63, 3.8) is 0 Å². The maximum Gasteiger partial charge on any atom is 0.247 e. The third-order valence-corrected chi connectivity index (χ3v) is 5.94. The molecule has 32 heavy (non-hydrogen) atoms. The maximum absolute atomic E-state index is 12.8. The van der Waals surface area contributed by atoms with Crippen molar-refractivity contribution in [3.8, 4) is 5.75 Å². The number of nitrogens with zero attached hydrogens (tertiary/aromatic N) is 2. The molecular weight excluding hydrogens is 428 g/mol. The lowest BCUT2D eigenvalue weighted by atomic mass is 10.2. The molecule has 4 rings (SSSR count). The molecule has 166 valence electrons. The van der Waals surface area contributed by atoms with Gasteiger partial charge in [-0.2, -0.15) is 0 Å². The van der Waals surface area contributed by atoms with Crippen molar-refractivity contribution in [1.82, 2.24) is 9.80 Å². The molecule has 0 aromatic heterocycles. The highest BCUT2D eigenvalue weighted by molar-refractivity contribution is 6.32. The Morgan fingerprint density at radius 3 is 2.41 bits per heavy atom. The minimum absolute atomic E-state index is 0.0345. The van der Waals surface area contributed by atoms with Crippen molar-refractivity contribution < 1.29 is 19.1 Å². The lowest BCUT2D eigenvalue weighted by Gasteiger charge is -2.21. The summed E-state index contributed by atoms with van der Waals surface area (Å²) in [6.07, 6.45) is 5.95. The van der Waals surface area contributed by atoms with Crippen LogP contribution < -0.4 is 4.74 Å². The number of carbonyl (C=O) groups excluding carboxylic acids is 3. The van der Waals surface area contributed by atoms with Crippen molar-refractivity contribution in [1.29, 1.82) is 0 Å². The zero-order valence-electron chi connectivity index (χ0n) is 17.7. The van der Waals surface area contributed by atoms with Gasteiger partial charge in [-0.25, -0.2) is 0 Å². The molecule has 3 amide bonds. The Hall–Kier alpha value is -3.12. The number of halogens is 1. The van der Waals surface area contributed by atoms with Crippen LogP contribution in [0.15, 0.2) is 54.6 Å². The molecule has 0 bridgehead atoms. The van der Waals surface area contributed by atoms with Gasteiger partial charge in [0.15, 0.2) is 0 Å². The monoisotopic (exact) mass is 452 g/mol. The molecular formula is C25H25ClN2O4. The Kier molecular flexibility index (Phi) is 6.90. The van der Waals surface area contributed by atoms with Crippen LogP contribution in [-0.4, -0.2) is 46.7 Å². The van der Waals surface area contributed by atoms with Crippen LogP contribution in [0.2, 0.25) is 5.02 Å². The zero-order valence-corrected chi connectivity index (χ0v) is 18.5. The number of rotatable bonds is 9. The van der Waals surface area contributed by atoms with Gasteiger partial charge < -0.3 is 9.64 Å². The summed E-state index contributed by atoms with van der Waals surface area (Å²) >= 11 is 6.17. The second-order valence-electron chi connectivity index (χ2n) is 7.98. The summed E-state index contributed by atoms with van der Waals surface area (Å²) in [4.78, 5) is 39.2. The van der Waals surface area contributed by atoms with E-state index in [2.05, 4.69) is 0 Å². The lowest BCUT2D eigenvalue weighted by molar-refractivity contribution is -0.138. The summed E-state index contributed by atoms with van der Waals surface area (Å²) in [5, 5.41) is 0.614. The fourth-order valence-corrected chi connectivity index (χ4v) is 3.85. The predicted molar refractivity (Wildman–Crippen MR) is 122 cm³/mol. The molecule has 2 aliphatic rings. The van der Waals surface area contributed by atoms with E-state index in [-0.39, 0.29) is 49.8 Å². The van der Waals surface area contributed by atoms with Crippen LogP contribution in [0.5, 0.6) is 5.75 Å². The average molecular weight is 453 g/mol. The number of amides is 3. The number of hydrogen-bond donors (Lipinski definition) is 0. The smallest absolute Gasteiger partial charge is 0.247 e. The Labute approximate surface area is 192 Å². The van der Waals surface area contributed by atoms with Crippen LogP contribution >= 0.6 is 11.6 Å². The van der Waals surface area contributed by atoms with Crippen LogP contribution in [0.25, 0.3) is 6.08 Å². The Balaban J connectivity index is 1.31. The summed E-state index contributed by atoms with van der Waals surface area (Å²) in [6, 6.07) is 15.2. The Morgan fingerprint density at radius 2 is 1.75 bits per heavy atom.